The molecule has 0 radical (unpaired) electrons. The van der Waals surface area contributed by atoms with Crippen molar-refractivity contribution in [1.82, 2.24) is 4.90 Å². The van der Waals surface area contributed by atoms with Gasteiger partial charge in [0.05, 0.1) is 38.9 Å². The summed E-state index contributed by atoms with van der Waals surface area (Å²) in [7, 11) is 5.97. The van der Waals surface area contributed by atoms with Crippen LogP contribution < -0.4 is 19.1 Å². The van der Waals surface area contributed by atoms with Crippen molar-refractivity contribution in [2.24, 2.45) is 23.7 Å². The number of imide groups is 2. The molecular formula is C40H36Cl2N2O8. The van der Waals surface area contributed by atoms with Crippen molar-refractivity contribution in [3.8, 4) is 23.0 Å². The van der Waals surface area contributed by atoms with Crippen LogP contribution in [0, 0.1) is 23.7 Å². The highest BCUT2D eigenvalue weighted by Crippen LogP contribution is 2.63. The Kier molecular flexibility index (Phi) is 8.95. The van der Waals surface area contributed by atoms with Crippen LogP contribution in [-0.4, -0.2) is 71.8 Å². The average Bonchev–Trinajstić information content (AvgIpc) is 3.48. The molecule has 2 saturated heterocycles. The molecule has 0 aromatic heterocycles. The van der Waals surface area contributed by atoms with Crippen LogP contribution in [0.15, 0.2) is 78.4 Å². The van der Waals surface area contributed by atoms with E-state index in [9.17, 15) is 24.3 Å². The molecule has 3 fully saturated rings. The van der Waals surface area contributed by atoms with Crippen molar-refractivity contribution in [1.29, 1.82) is 0 Å². The Morgan fingerprint density at radius 1 is 0.788 bits per heavy atom. The number of aromatic hydroxyl groups is 1. The predicted octanol–water partition coefficient (Wildman–Crippen LogP) is 6.33. The van der Waals surface area contributed by atoms with Crippen molar-refractivity contribution in [2.45, 2.75) is 22.6 Å². The number of carbonyl (C=O) groups excluding carboxylic acids is 4. The zero-order valence-corrected chi connectivity index (χ0v) is 30.4. The van der Waals surface area contributed by atoms with Crippen LogP contribution in [0.2, 0.25) is 0 Å². The molecule has 1 saturated carbocycles. The molecule has 268 valence electrons. The molecule has 7 rings (SSSR count). The van der Waals surface area contributed by atoms with E-state index < -0.39 is 51.1 Å². The second kappa shape index (κ2) is 13.2. The molecule has 4 aliphatic rings. The average molecular weight is 744 g/mol. The Morgan fingerprint density at radius 3 is 2.19 bits per heavy atom. The summed E-state index contributed by atoms with van der Waals surface area (Å²) >= 11 is 14.4. The molecule has 3 aromatic rings. The van der Waals surface area contributed by atoms with Gasteiger partial charge in [0.25, 0.3) is 11.8 Å². The molecule has 2 aliphatic heterocycles. The van der Waals surface area contributed by atoms with E-state index in [1.165, 1.54) is 25.1 Å². The van der Waals surface area contributed by atoms with Crippen LogP contribution in [0.1, 0.15) is 29.5 Å². The number of hydrogen-bond acceptors (Lipinski definition) is 8. The van der Waals surface area contributed by atoms with E-state index in [0.29, 0.717) is 28.3 Å². The third-order valence-corrected chi connectivity index (χ3v) is 12.2. The minimum atomic E-state index is -1.88. The number of phenolic OH excluding ortho intramolecular Hbond substituents is 1. The lowest BCUT2D eigenvalue weighted by Crippen LogP contribution is -2.60. The van der Waals surface area contributed by atoms with E-state index >= 15 is 0 Å². The number of alkyl halides is 2. The number of phenols is 1. The van der Waals surface area contributed by atoms with Crippen LogP contribution in [-0.2, 0) is 19.2 Å². The molecule has 1 N–H and O–H groups in total. The lowest BCUT2D eigenvalue weighted by atomic mass is 9.57. The van der Waals surface area contributed by atoms with E-state index in [2.05, 4.69) is 0 Å². The van der Waals surface area contributed by atoms with Gasteiger partial charge in [0, 0.05) is 18.5 Å². The van der Waals surface area contributed by atoms with E-state index in [1.54, 1.807) is 50.6 Å². The molecule has 2 heterocycles. The first-order valence-corrected chi connectivity index (χ1v) is 17.5. The van der Waals surface area contributed by atoms with Gasteiger partial charge >= 0.3 is 0 Å². The first-order chi connectivity index (χ1) is 24.9. The zero-order valence-electron chi connectivity index (χ0n) is 28.8. The van der Waals surface area contributed by atoms with Gasteiger partial charge in [-0.1, -0.05) is 54.2 Å². The summed E-state index contributed by atoms with van der Waals surface area (Å²) in [4.78, 5) is 54.2. The third-order valence-electron chi connectivity index (χ3n) is 10.8. The lowest BCUT2D eigenvalue weighted by Gasteiger charge is -2.49. The summed E-state index contributed by atoms with van der Waals surface area (Å²) in [6, 6.07) is 17.3. The minimum absolute atomic E-state index is 0.0424. The molecule has 10 nitrogen and oxygen atoms in total. The fourth-order valence-corrected chi connectivity index (χ4v) is 9.12. The SMILES string of the molecule is COc1ccc(OC)c(C=Cc2ccc(N3C(=O)[C@H]4[C@H](CC=C5[C@H]4C[C@@]4(Cl)C(=O)N(C)C(=O)[C@@]4(Cl)[C@H]5C=Cc4ccc(O)c(OC)c4)C3=O)cc2)c1. The van der Waals surface area contributed by atoms with Gasteiger partial charge in [-0.3, -0.25) is 29.0 Å². The molecule has 0 spiro atoms. The fourth-order valence-electron chi connectivity index (χ4n) is 8.14. The molecule has 3 aromatic carbocycles. The predicted molar refractivity (Wildman–Crippen MR) is 197 cm³/mol. The first-order valence-electron chi connectivity index (χ1n) is 16.7. The third kappa shape index (κ3) is 5.30. The van der Waals surface area contributed by atoms with E-state index in [4.69, 9.17) is 37.4 Å². The second-order valence-electron chi connectivity index (χ2n) is 13.4. The summed E-state index contributed by atoms with van der Waals surface area (Å²) in [5.41, 5.74) is 3.39. The van der Waals surface area contributed by atoms with Gasteiger partial charge in [-0.15, -0.1) is 23.2 Å². The number of hydrogen-bond donors (Lipinski definition) is 1. The maximum atomic E-state index is 14.4. The first kappa shape index (κ1) is 35.3. The molecule has 2 aliphatic carbocycles. The highest BCUT2D eigenvalue weighted by atomic mass is 35.5. The summed E-state index contributed by atoms with van der Waals surface area (Å²) in [6.07, 6.45) is 9.24. The second-order valence-corrected chi connectivity index (χ2v) is 14.6. The van der Waals surface area contributed by atoms with Gasteiger partial charge in [0.1, 0.15) is 11.5 Å². The van der Waals surface area contributed by atoms with Gasteiger partial charge in [-0.2, -0.15) is 0 Å². The Balaban J connectivity index is 1.20. The van der Waals surface area contributed by atoms with Crippen LogP contribution in [0.25, 0.3) is 18.2 Å². The smallest absolute Gasteiger partial charge is 0.253 e. The van der Waals surface area contributed by atoms with Gasteiger partial charge in [0.2, 0.25) is 11.8 Å². The van der Waals surface area contributed by atoms with Crippen molar-refractivity contribution in [2.75, 3.05) is 33.3 Å². The Morgan fingerprint density at radius 2 is 1.50 bits per heavy atom. The van der Waals surface area contributed by atoms with Gasteiger partial charge in [0.15, 0.2) is 21.2 Å². The van der Waals surface area contributed by atoms with Crippen molar-refractivity contribution >= 4 is 70.7 Å². The van der Waals surface area contributed by atoms with E-state index in [-0.39, 0.29) is 30.2 Å². The lowest BCUT2D eigenvalue weighted by molar-refractivity contribution is -0.138. The number of methoxy groups -OCH3 is 3. The number of nitrogens with zero attached hydrogens (tertiary/aromatic N) is 2. The molecule has 0 unspecified atom stereocenters. The number of allylic oxidation sites excluding steroid dienone is 3. The maximum Gasteiger partial charge on any atom is 0.253 e. The number of fused-ring (bicyclic) bond motifs is 4. The van der Waals surface area contributed by atoms with Gasteiger partial charge in [-0.25, -0.2) is 0 Å². The van der Waals surface area contributed by atoms with Crippen molar-refractivity contribution < 1.29 is 38.5 Å². The number of likely N-dealkylation sites (tertiary alicyclic amines) is 1. The minimum Gasteiger partial charge on any atom is -0.504 e. The largest absolute Gasteiger partial charge is 0.504 e. The topological polar surface area (TPSA) is 123 Å². The Labute approximate surface area is 310 Å². The monoisotopic (exact) mass is 742 g/mol. The van der Waals surface area contributed by atoms with Crippen LogP contribution in [0.4, 0.5) is 5.69 Å². The molecule has 6 atom stereocenters. The number of anilines is 1. The molecule has 52 heavy (non-hydrogen) atoms. The molecule has 12 heteroatoms. The number of amides is 4. The highest BCUT2D eigenvalue weighted by molar-refractivity contribution is 6.53. The van der Waals surface area contributed by atoms with Crippen molar-refractivity contribution in [3.63, 3.8) is 0 Å². The van der Waals surface area contributed by atoms with Crippen LogP contribution >= 0.6 is 23.2 Å². The van der Waals surface area contributed by atoms with Crippen LogP contribution in [0.5, 0.6) is 23.0 Å². The molecular weight excluding hydrogens is 707 g/mol. The summed E-state index contributed by atoms with van der Waals surface area (Å²) in [5, 5.41) is 10.1. The van der Waals surface area contributed by atoms with Gasteiger partial charge in [-0.05, 0) is 72.4 Å². The summed E-state index contributed by atoms with van der Waals surface area (Å²) in [5.74, 6) is -3.47. The van der Waals surface area contributed by atoms with E-state index in [1.807, 2.05) is 48.6 Å². The van der Waals surface area contributed by atoms with Gasteiger partial charge < -0.3 is 19.3 Å². The van der Waals surface area contributed by atoms with Crippen molar-refractivity contribution in [3.05, 3.63) is 95.1 Å². The summed E-state index contributed by atoms with van der Waals surface area (Å²) in [6.45, 7) is 0. The number of rotatable bonds is 8. The number of ether oxygens (including phenoxy) is 3. The molecule has 4 amide bonds. The molecule has 0 bridgehead atoms. The fraction of sp³-hybridized carbons (Fsp3) is 0.300. The quantitative estimate of drug-likeness (QED) is 0.123. The maximum absolute atomic E-state index is 14.4. The van der Waals surface area contributed by atoms with Crippen LogP contribution in [0.3, 0.4) is 0 Å². The normalized spacial score (nSPS) is 28.3. The highest BCUT2D eigenvalue weighted by Gasteiger charge is 2.75. The standard InChI is InChI=1S/C40H36Cl2N2O8/c1-43-37(48)39(41)21-29-27(30(40(39,42)38(43)49)16-8-23-9-17-31(45)33(19-23)52-4)14-15-28-34(29)36(47)44(35(28)46)25-11-6-22(7-12-25)5-10-24-20-26(50-2)13-18-32(24)51-3/h5-14,16-20,28-30,34,45H,15,21H2,1-4H3/t28-,29+,30-,34-,39+,40-/m0/s1. The Hall–Kier alpha value is -5.06. The van der Waals surface area contributed by atoms with E-state index in [0.717, 1.165) is 16.0 Å². The number of halogens is 2. The number of carbonyl (C=O) groups is 4. The Bertz CT molecular complexity index is 2090. The summed E-state index contributed by atoms with van der Waals surface area (Å²) < 4.78 is 16.1. The number of benzene rings is 3. The zero-order chi connectivity index (χ0) is 37.1.